The number of hydrogen-bond donors (Lipinski definition) is 4. The van der Waals surface area contributed by atoms with Crippen LogP contribution >= 0.6 is 0 Å². The van der Waals surface area contributed by atoms with E-state index < -0.39 is 0 Å². The van der Waals surface area contributed by atoms with Gasteiger partial charge in [-0.1, -0.05) is 6.42 Å². The van der Waals surface area contributed by atoms with Crippen LogP contribution in [0.25, 0.3) is 0 Å². The number of unbranched alkanes of at least 4 members (excludes halogenated alkanes) is 2. The fourth-order valence-corrected chi connectivity index (χ4v) is 3.29. The normalized spacial score (nSPS) is 10.9. The molecule has 0 unspecified atom stereocenters. The Morgan fingerprint density at radius 1 is 0.489 bits per heavy atom. The van der Waals surface area contributed by atoms with Crippen LogP contribution in [0.1, 0.15) is 32.6 Å². The number of carbonyl (C=O) groups excluding carboxylic acids is 4. The third kappa shape index (κ3) is 35.9. The molecular formula is C29H56N4O12. The van der Waals surface area contributed by atoms with Crippen LogP contribution < -0.4 is 21.3 Å². The summed E-state index contributed by atoms with van der Waals surface area (Å²) in [5, 5.41) is 10.5. The van der Waals surface area contributed by atoms with E-state index in [1.165, 1.54) is 0 Å². The minimum atomic E-state index is -0.355. The summed E-state index contributed by atoms with van der Waals surface area (Å²) >= 11 is 0. The van der Waals surface area contributed by atoms with Gasteiger partial charge in [0.25, 0.3) is 0 Å². The minimum absolute atomic E-state index is 0.00865. The Balaban J connectivity index is 3.17. The molecule has 0 aliphatic rings. The lowest BCUT2D eigenvalue weighted by atomic mass is 10.2. The lowest BCUT2D eigenvalue weighted by Gasteiger charge is -2.09. The molecule has 0 aromatic heterocycles. The summed E-state index contributed by atoms with van der Waals surface area (Å²) in [4.78, 5) is 44.6. The predicted octanol–water partition coefficient (Wildman–Crippen LogP) is -1.21. The van der Waals surface area contributed by atoms with Gasteiger partial charge in [0, 0.05) is 26.1 Å². The summed E-state index contributed by atoms with van der Waals surface area (Å²) in [5.74, 6) is -0.587. The molecule has 0 heterocycles. The first-order valence-corrected chi connectivity index (χ1v) is 15.7. The van der Waals surface area contributed by atoms with Crippen molar-refractivity contribution in [2.45, 2.75) is 32.6 Å². The first-order chi connectivity index (χ1) is 22.1. The fourth-order valence-electron chi connectivity index (χ4n) is 3.29. The highest BCUT2D eigenvalue weighted by Crippen LogP contribution is 1.98. The zero-order valence-electron chi connectivity index (χ0n) is 26.9. The SMILES string of the molecule is CCNC(=O)CNC(=O)COCCOCCOCCOCCOCCOCCOCCOCCNC(=O)CCCCCNC=O. The van der Waals surface area contributed by atoms with Gasteiger partial charge in [-0.15, -0.1) is 0 Å². The number of nitrogens with one attached hydrogen (secondary N) is 4. The van der Waals surface area contributed by atoms with Gasteiger partial charge in [0.15, 0.2) is 0 Å². The average molecular weight is 653 g/mol. The molecular weight excluding hydrogens is 596 g/mol. The van der Waals surface area contributed by atoms with Crippen LogP contribution in [0.5, 0.6) is 0 Å². The van der Waals surface area contributed by atoms with Crippen LogP contribution in [0.4, 0.5) is 0 Å². The molecule has 0 aliphatic heterocycles. The molecule has 4 amide bonds. The molecule has 0 aromatic carbocycles. The monoisotopic (exact) mass is 652 g/mol. The van der Waals surface area contributed by atoms with Crippen molar-refractivity contribution in [3.8, 4) is 0 Å². The van der Waals surface area contributed by atoms with Crippen molar-refractivity contribution in [3.05, 3.63) is 0 Å². The number of likely N-dealkylation sites (N-methyl/N-ethyl adjacent to an activating group) is 1. The fraction of sp³-hybridized carbons (Fsp3) is 0.862. The van der Waals surface area contributed by atoms with Crippen LogP contribution in [0.2, 0.25) is 0 Å². The first-order valence-electron chi connectivity index (χ1n) is 15.7. The molecule has 0 radical (unpaired) electrons. The van der Waals surface area contributed by atoms with E-state index in [4.69, 9.17) is 37.9 Å². The Labute approximate surface area is 267 Å². The van der Waals surface area contributed by atoms with Gasteiger partial charge in [0.05, 0.1) is 106 Å². The standard InChI is InChI=1S/C29H56N4O12/c1-2-31-28(36)24-33-29(37)25-45-23-22-44-21-20-43-19-18-42-17-16-41-15-14-40-13-12-39-11-10-38-9-8-32-27(35)6-4-3-5-7-30-26-34/h26H,2-25H2,1H3,(H,30,34)(H,31,36)(H,32,35)(H,33,37). The summed E-state index contributed by atoms with van der Waals surface area (Å²) in [6, 6.07) is 0. The highest BCUT2D eigenvalue weighted by Gasteiger charge is 2.04. The Morgan fingerprint density at radius 3 is 1.42 bits per heavy atom. The second-order valence-corrected chi connectivity index (χ2v) is 9.30. The zero-order chi connectivity index (χ0) is 32.9. The Hall–Kier alpha value is -2.44. The molecule has 0 spiro atoms. The van der Waals surface area contributed by atoms with E-state index in [1.807, 2.05) is 0 Å². The highest BCUT2D eigenvalue weighted by atomic mass is 16.6. The van der Waals surface area contributed by atoms with Gasteiger partial charge in [0.1, 0.15) is 6.61 Å². The maximum Gasteiger partial charge on any atom is 0.246 e. The topological polar surface area (TPSA) is 190 Å². The molecule has 16 nitrogen and oxygen atoms in total. The van der Waals surface area contributed by atoms with Crippen LogP contribution in [0, 0.1) is 0 Å². The van der Waals surface area contributed by atoms with Crippen molar-refractivity contribution in [2.24, 2.45) is 0 Å². The predicted molar refractivity (Wildman–Crippen MR) is 164 cm³/mol. The molecule has 0 atom stereocenters. The molecule has 0 saturated heterocycles. The van der Waals surface area contributed by atoms with E-state index in [0.717, 1.165) is 19.3 Å². The van der Waals surface area contributed by atoms with Crippen LogP contribution in [-0.2, 0) is 57.1 Å². The van der Waals surface area contributed by atoms with E-state index in [1.54, 1.807) is 6.92 Å². The average Bonchev–Trinajstić information content (AvgIpc) is 3.03. The number of hydrogen-bond acceptors (Lipinski definition) is 12. The minimum Gasteiger partial charge on any atom is -0.377 e. The van der Waals surface area contributed by atoms with E-state index in [9.17, 15) is 19.2 Å². The van der Waals surface area contributed by atoms with Gasteiger partial charge in [-0.25, -0.2) is 0 Å². The lowest BCUT2D eigenvalue weighted by molar-refractivity contribution is -0.129. The van der Waals surface area contributed by atoms with E-state index in [-0.39, 0.29) is 37.5 Å². The van der Waals surface area contributed by atoms with E-state index in [2.05, 4.69) is 21.3 Å². The van der Waals surface area contributed by atoms with Crippen LogP contribution in [0.15, 0.2) is 0 Å². The van der Waals surface area contributed by atoms with Crippen molar-refractivity contribution in [3.63, 3.8) is 0 Å². The van der Waals surface area contributed by atoms with Crippen LogP contribution in [0.3, 0.4) is 0 Å². The van der Waals surface area contributed by atoms with Crippen molar-refractivity contribution in [1.82, 2.24) is 21.3 Å². The molecule has 0 fully saturated rings. The molecule has 0 saturated carbocycles. The van der Waals surface area contributed by atoms with E-state index >= 15 is 0 Å². The Morgan fingerprint density at radius 2 is 0.956 bits per heavy atom. The lowest BCUT2D eigenvalue weighted by Crippen LogP contribution is -2.38. The van der Waals surface area contributed by atoms with E-state index in [0.29, 0.717) is 125 Å². The van der Waals surface area contributed by atoms with Crippen molar-refractivity contribution >= 4 is 24.1 Å². The zero-order valence-corrected chi connectivity index (χ0v) is 26.9. The number of carbonyl (C=O) groups is 4. The summed E-state index contributed by atoms with van der Waals surface area (Å²) in [7, 11) is 0. The van der Waals surface area contributed by atoms with Gasteiger partial charge in [-0.3, -0.25) is 19.2 Å². The molecule has 4 N–H and O–H groups in total. The van der Waals surface area contributed by atoms with Crippen molar-refractivity contribution < 1.29 is 57.1 Å². The number of amides is 4. The summed E-state index contributed by atoms with van der Waals surface area (Å²) in [5.41, 5.74) is 0. The third-order valence-corrected chi connectivity index (χ3v) is 5.53. The van der Waals surface area contributed by atoms with Gasteiger partial charge >= 0.3 is 0 Å². The molecule has 264 valence electrons. The highest BCUT2D eigenvalue weighted by molar-refractivity contribution is 5.85. The van der Waals surface area contributed by atoms with Crippen LogP contribution in [-0.4, -0.2) is 156 Å². The molecule has 0 aromatic rings. The molecule has 0 rings (SSSR count). The van der Waals surface area contributed by atoms with Gasteiger partial charge < -0.3 is 59.2 Å². The number of ether oxygens (including phenoxy) is 8. The van der Waals surface area contributed by atoms with Gasteiger partial charge in [-0.2, -0.15) is 0 Å². The number of rotatable bonds is 36. The maximum atomic E-state index is 11.7. The van der Waals surface area contributed by atoms with Crippen molar-refractivity contribution in [2.75, 3.05) is 132 Å². The molecule has 0 aliphatic carbocycles. The third-order valence-electron chi connectivity index (χ3n) is 5.53. The quantitative estimate of drug-likeness (QED) is 0.0468. The smallest absolute Gasteiger partial charge is 0.246 e. The molecule has 16 heteroatoms. The summed E-state index contributed by atoms with van der Waals surface area (Å²) in [6.45, 7) is 9.69. The second kappa shape index (κ2) is 36.0. The van der Waals surface area contributed by atoms with Gasteiger partial charge in [0.2, 0.25) is 24.1 Å². The largest absolute Gasteiger partial charge is 0.377 e. The molecule has 0 bridgehead atoms. The second-order valence-electron chi connectivity index (χ2n) is 9.30. The Bertz CT molecular complexity index is 706. The molecule has 45 heavy (non-hydrogen) atoms. The first kappa shape index (κ1) is 42.6. The van der Waals surface area contributed by atoms with Gasteiger partial charge in [-0.05, 0) is 19.8 Å². The van der Waals surface area contributed by atoms with Crippen molar-refractivity contribution in [1.29, 1.82) is 0 Å². The Kier molecular flexibility index (Phi) is 34.1. The maximum absolute atomic E-state index is 11.7. The summed E-state index contributed by atoms with van der Waals surface area (Å²) < 4.78 is 43.1. The summed E-state index contributed by atoms with van der Waals surface area (Å²) in [6.07, 6.45) is 3.73.